The van der Waals surface area contributed by atoms with Gasteiger partial charge in [-0.25, -0.2) is 8.42 Å². The van der Waals surface area contributed by atoms with Gasteiger partial charge in [-0.05, 0) is 85.8 Å². The molecule has 46 heavy (non-hydrogen) atoms. The van der Waals surface area contributed by atoms with E-state index in [1.807, 2.05) is 70.2 Å². The SMILES string of the molecule is CCCCNC(=O)[C@H](Cc1ccccc1)N(Cc1cccc(Cl)c1)C(=O)CN(c1cc(C)cc(C)c1)S(=O)(=O)c1ccc(C)cc1. The molecule has 0 aromatic heterocycles. The molecule has 4 rings (SSSR count). The summed E-state index contributed by atoms with van der Waals surface area (Å²) in [5.74, 6) is -0.812. The van der Waals surface area contributed by atoms with E-state index >= 15 is 0 Å². The maximum Gasteiger partial charge on any atom is 0.264 e. The summed E-state index contributed by atoms with van der Waals surface area (Å²) in [4.78, 5) is 30.0. The van der Waals surface area contributed by atoms with E-state index in [9.17, 15) is 18.0 Å². The maximum absolute atomic E-state index is 14.6. The van der Waals surface area contributed by atoms with Crippen LogP contribution in [0.5, 0.6) is 0 Å². The van der Waals surface area contributed by atoms with Gasteiger partial charge in [0.05, 0.1) is 10.6 Å². The van der Waals surface area contributed by atoms with Gasteiger partial charge < -0.3 is 10.2 Å². The molecule has 0 aliphatic rings. The first-order chi connectivity index (χ1) is 22.0. The average Bonchev–Trinajstić information content (AvgIpc) is 3.01. The molecule has 242 valence electrons. The Hall–Kier alpha value is -4.14. The van der Waals surface area contributed by atoms with E-state index in [0.717, 1.165) is 45.0 Å². The number of carbonyl (C=O) groups is 2. The molecular formula is C37H42ClN3O4S. The second kappa shape index (κ2) is 15.9. The van der Waals surface area contributed by atoms with Gasteiger partial charge in [0.25, 0.3) is 10.0 Å². The third-order valence-corrected chi connectivity index (χ3v) is 9.75. The lowest BCUT2D eigenvalue weighted by Crippen LogP contribution is -2.53. The fraction of sp³-hybridized carbons (Fsp3) is 0.297. The molecule has 0 saturated heterocycles. The lowest BCUT2D eigenvalue weighted by Gasteiger charge is -2.34. The van der Waals surface area contributed by atoms with E-state index < -0.39 is 28.5 Å². The van der Waals surface area contributed by atoms with Crippen LogP contribution in [0.1, 0.15) is 47.6 Å². The largest absolute Gasteiger partial charge is 0.354 e. The Morgan fingerprint density at radius 1 is 0.804 bits per heavy atom. The van der Waals surface area contributed by atoms with E-state index in [1.165, 1.54) is 4.90 Å². The van der Waals surface area contributed by atoms with E-state index in [0.29, 0.717) is 17.3 Å². The van der Waals surface area contributed by atoms with Crippen molar-refractivity contribution in [3.63, 3.8) is 0 Å². The molecule has 1 N–H and O–H groups in total. The van der Waals surface area contributed by atoms with Crippen LogP contribution < -0.4 is 9.62 Å². The minimum absolute atomic E-state index is 0.0589. The Bertz CT molecular complexity index is 1720. The number of sulfonamides is 1. The minimum Gasteiger partial charge on any atom is -0.354 e. The molecule has 0 saturated carbocycles. The Morgan fingerprint density at radius 2 is 1.46 bits per heavy atom. The van der Waals surface area contributed by atoms with E-state index in [4.69, 9.17) is 11.6 Å². The van der Waals surface area contributed by atoms with E-state index in [1.54, 1.807) is 54.6 Å². The highest BCUT2D eigenvalue weighted by atomic mass is 35.5. The molecule has 4 aromatic rings. The van der Waals surface area contributed by atoms with Crippen LogP contribution in [-0.2, 0) is 32.6 Å². The van der Waals surface area contributed by atoms with Crippen molar-refractivity contribution in [2.24, 2.45) is 0 Å². The number of carbonyl (C=O) groups excluding carboxylic acids is 2. The van der Waals surface area contributed by atoms with Gasteiger partial charge in [-0.2, -0.15) is 0 Å². The zero-order valence-electron chi connectivity index (χ0n) is 26.9. The molecular weight excluding hydrogens is 618 g/mol. The van der Waals surface area contributed by atoms with Crippen LogP contribution in [0.15, 0.2) is 102 Å². The van der Waals surface area contributed by atoms with Crippen LogP contribution in [-0.4, -0.2) is 44.3 Å². The average molecular weight is 660 g/mol. The maximum atomic E-state index is 14.6. The van der Waals surface area contributed by atoms with Gasteiger partial charge in [-0.1, -0.05) is 91.2 Å². The number of hydrogen-bond acceptors (Lipinski definition) is 4. The van der Waals surface area contributed by atoms with Gasteiger partial charge in [0.2, 0.25) is 11.8 Å². The molecule has 0 fully saturated rings. The summed E-state index contributed by atoms with van der Waals surface area (Å²) in [6.45, 7) is 7.72. The summed E-state index contributed by atoms with van der Waals surface area (Å²) in [5, 5.41) is 3.50. The van der Waals surface area contributed by atoms with E-state index in [-0.39, 0.29) is 23.8 Å². The number of rotatable bonds is 14. The number of aryl methyl sites for hydroxylation is 3. The first kappa shape index (κ1) is 34.7. The molecule has 4 aromatic carbocycles. The summed E-state index contributed by atoms with van der Waals surface area (Å²) in [6, 6.07) is 27.7. The number of nitrogens with one attached hydrogen (secondary N) is 1. The van der Waals surface area contributed by atoms with Gasteiger partial charge >= 0.3 is 0 Å². The number of halogens is 1. The number of benzene rings is 4. The molecule has 2 amide bonds. The van der Waals surface area contributed by atoms with Crippen LogP contribution in [0.3, 0.4) is 0 Å². The Labute approximate surface area is 278 Å². The molecule has 0 heterocycles. The van der Waals surface area contributed by atoms with Crippen molar-refractivity contribution in [2.75, 3.05) is 17.4 Å². The van der Waals surface area contributed by atoms with Gasteiger partial charge in [0, 0.05) is 24.5 Å². The number of amides is 2. The molecule has 0 spiro atoms. The van der Waals surface area contributed by atoms with Crippen molar-refractivity contribution in [2.45, 2.75) is 64.4 Å². The summed E-state index contributed by atoms with van der Waals surface area (Å²) in [5.41, 5.74) is 4.61. The lowest BCUT2D eigenvalue weighted by molar-refractivity contribution is -0.140. The third-order valence-electron chi connectivity index (χ3n) is 7.72. The van der Waals surface area contributed by atoms with Crippen LogP contribution in [0.2, 0.25) is 5.02 Å². The highest BCUT2D eigenvalue weighted by Crippen LogP contribution is 2.27. The molecule has 0 radical (unpaired) electrons. The third kappa shape index (κ3) is 9.21. The van der Waals surface area contributed by atoms with Gasteiger partial charge in [-0.3, -0.25) is 13.9 Å². The predicted molar refractivity (Wildman–Crippen MR) is 185 cm³/mol. The number of unbranched alkanes of at least 4 members (excludes halogenated alkanes) is 1. The molecule has 1 atom stereocenters. The van der Waals surface area contributed by atoms with Gasteiger partial charge in [0.1, 0.15) is 12.6 Å². The first-order valence-corrected chi connectivity index (χ1v) is 17.3. The Kier molecular flexibility index (Phi) is 12.0. The number of hydrogen-bond donors (Lipinski definition) is 1. The van der Waals surface area contributed by atoms with Crippen molar-refractivity contribution in [3.8, 4) is 0 Å². The number of anilines is 1. The summed E-state index contributed by atoms with van der Waals surface area (Å²) < 4.78 is 29.7. The number of nitrogens with zero attached hydrogens (tertiary/aromatic N) is 2. The Balaban J connectivity index is 1.81. The fourth-order valence-electron chi connectivity index (χ4n) is 5.35. The van der Waals surface area contributed by atoms with Crippen molar-refractivity contribution in [1.82, 2.24) is 10.2 Å². The highest BCUT2D eigenvalue weighted by Gasteiger charge is 2.34. The second-order valence-corrected chi connectivity index (χ2v) is 14.0. The standard InChI is InChI=1S/C37H42ClN3O4S/c1-5-6-19-39-37(43)35(24-30-11-8-7-9-12-30)40(25-31-13-10-14-32(38)23-31)36(42)26-41(33-21-28(3)20-29(4)22-33)46(44,45)34-17-15-27(2)16-18-34/h7-18,20-23,35H,5-6,19,24-26H2,1-4H3,(H,39,43)/t35-/m0/s1. The molecule has 0 aliphatic carbocycles. The van der Waals surface area contributed by atoms with Crippen molar-refractivity contribution in [1.29, 1.82) is 0 Å². The van der Waals surface area contributed by atoms with Gasteiger partial charge in [0.15, 0.2) is 0 Å². The minimum atomic E-state index is -4.17. The second-order valence-electron chi connectivity index (χ2n) is 11.7. The zero-order chi connectivity index (χ0) is 33.3. The topological polar surface area (TPSA) is 86.8 Å². The van der Waals surface area contributed by atoms with Crippen LogP contribution in [0, 0.1) is 20.8 Å². The smallest absolute Gasteiger partial charge is 0.264 e. The summed E-state index contributed by atoms with van der Waals surface area (Å²) >= 11 is 6.33. The van der Waals surface area contributed by atoms with E-state index in [2.05, 4.69) is 5.32 Å². The van der Waals surface area contributed by atoms with Gasteiger partial charge in [-0.15, -0.1) is 0 Å². The molecule has 0 unspecified atom stereocenters. The predicted octanol–water partition coefficient (Wildman–Crippen LogP) is 7.02. The molecule has 9 heteroatoms. The van der Waals surface area contributed by atoms with Crippen LogP contribution in [0.4, 0.5) is 5.69 Å². The fourth-order valence-corrected chi connectivity index (χ4v) is 6.96. The summed E-state index contributed by atoms with van der Waals surface area (Å²) in [7, 11) is -4.17. The van der Waals surface area contributed by atoms with Crippen LogP contribution in [0.25, 0.3) is 0 Å². The van der Waals surface area contributed by atoms with Crippen molar-refractivity contribution in [3.05, 3.63) is 130 Å². The summed E-state index contributed by atoms with van der Waals surface area (Å²) in [6.07, 6.45) is 1.94. The van der Waals surface area contributed by atoms with Crippen molar-refractivity contribution < 1.29 is 18.0 Å². The molecule has 0 aliphatic heterocycles. The molecule has 7 nitrogen and oxygen atoms in total. The zero-order valence-corrected chi connectivity index (χ0v) is 28.4. The highest BCUT2D eigenvalue weighted by molar-refractivity contribution is 7.92. The molecule has 0 bridgehead atoms. The normalized spacial score (nSPS) is 11.9. The quantitative estimate of drug-likeness (QED) is 0.148. The van der Waals surface area contributed by atoms with Crippen molar-refractivity contribution >= 4 is 39.1 Å². The van der Waals surface area contributed by atoms with Crippen LogP contribution >= 0.6 is 11.6 Å². The Morgan fingerprint density at radius 3 is 2.09 bits per heavy atom. The lowest BCUT2D eigenvalue weighted by atomic mass is 10.0. The monoisotopic (exact) mass is 659 g/mol. The first-order valence-electron chi connectivity index (χ1n) is 15.5.